The van der Waals surface area contributed by atoms with Crippen molar-refractivity contribution < 1.29 is 19.1 Å². The highest BCUT2D eigenvalue weighted by Crippen LogP contribution is 2.11. The summed E-state index contributed by atoms with van der Waals surface area (Å²) in [5, 5.41) is 0. The van der Waals surface area contributed by atoms with Crippen molar-refractivity contribution in [2.45, 2.75) is 39.3 Å². The first-order valence-corrected chi connectivity index (χ1v) is 8.99. The Morgan fingerprint density at radius 1 is 0.958 bits per heavy atom. The van der Waals surface area contributed by atoms with E-state index in [0.29, 0.717) is 52.4 Å². The molecule has 0 aromatic heterocycles. The average molecular weight is 341 g/mol. The maximum absolute atomic E-state index is 12.5. The van der Waals surface area contributed by atoms with Gasteiger partial charge in [0.25, 0.3) is 0 Å². The summed E-state index contributed by atoms with van der Waals surface area (Å²) >= 11 is 0. The van der Waals surface area contributed by atoms with Gasteiger partial charge in [0.15, 0.2) is 0 Å². The van der Waals surface area contributed by atoms with Gasteiger partial charge in [-0.15, -0.1) is 0 Å². The molecule has 0 aromatic carbocycles. The summed E-state index contributed by atoms with van der Waals surface area (Å²) in [4.78, 5) is 30.7. The van der Waals surface area contributed by atoms with Crippen molar-refractivity contribution in [2.24, 2.45) is 0 Å². The topological polar surface area (TPSA) is 62.3 Å². The fourth-order valence-corrected chi connectivity index (χ4v) is 3.10. The summed E-state index contributed by atoms with van der Waals surface area (Å²) in [7, 11) is 0. The average Bonchev–Trinajstić information content (AvgIpc) is 2.61. The number of hydrogen-bond acceptors (Lipinski definition) is 5. The number of amides is 2. The lowest BCUT2D eigenvalue weighted by atomic mass is 10.2. The molecular weight excluding hydrogens is 310 g/mol. The van der Waals surface area contributed by atoms with Crippen LogP contribution < -0.4 is 0 Å². The summed E-state index contributed by atoms with van der Waals surface area (Å²) < 4.78 is 10.7. The second-order valence-corrected chi connectivity index (χ2v) is 6.70. The third-order valence-electron chi connectivity index (χ3n) is 4.66. The van der Waals surface area contributed by atoms with Crippen LogP contribution in [0.2, 0.25) is 0 Å². The van der Waals surface area contributed by atoms with Crippen molar-refractivity contribution in [1.29, 1.82) is 0 Å². The summed E-state index contributed by atoms with van der Waals surface area (Å²) in [6, 6.07) is -0.135. The molecule has 1 unspecified atom stereocenters. The smallest absolute Gasteiger partial charge is 0.239 e. The van der Waals surface area contributed by atoms with Crippen LogP contribution in [0, 0.1) is 0 Å². The van der Waals surface area contributed by atoms with E-state index in [1.807, 2.05) is 30.6 Å². The van der Waals surface area contributed by atoms with Gasteiger partial charge in [0, 0.05) is 39.3 Å². The van der Waals surface area contributed by atoms with Crippen LogP contribution in [0.15, 0.2) is 0 Å². The predicted molar refractivity (Wildman–Crippen MR) is 90.7 cm³/mol. The Bertz CT molecular complexity index is 416. The van der Waals surface area contributed by atoms with Gasteiger partial charge in [-0.05, 0) is 20.8 Å². The summed E-state index contributed by atoms with van der Waals surface area (Å²) in [5.74, 6) is 0.311. The molecule has 2 aliphatic heterocycles. The fourth-order valence-electron chi connectivity index (χ4n) is 3.10. The molecule has 0 saturated carbocycles. The molecule has 24 heavy (non-hydrogen) atoms. The first-order valence-electron chi connectivity index (χ1n) is 8.99. The number of piperazine rings is 1. The van der Waals surface area contributed by atoms with Crippen LogP contribution >= 0.6 is 0 Å². The highest BCUT2D eigenvalue weighted by molar-refractivity contribution is 5.81. The van der Waals surface area contributed by atoms with Crippen molar-refractivity contribution in [3.05, 3.63) is 0 Å². The molecule has 1 atom stereocenters. The van der Waals surface area contributed by atoms with E-state index in [1.165, 1.54) is 0 Å². The molecule has 2 rings (SSSR count). The Morgan fingerprint density at radius 3 is 2.17 bits per heavy atom. The van der Waals surface area contributed by atoms with Crippen LogP contribution in [0.1, 0.15) is 27.2 Å². The van der Waals surface area contributed by atoms with Crippen LogP contribution in [0.5, 0.6) is 0 Å². The van der Waals surface area contributed by atoms with Gasteiger partial charge in [-0.2, -0.15) is 0 Å². The molecule has 2 aliphatic rings. The number of nitrogens with zero attached hydrogens (tertiary/aromatic N) is 3. The lowest BCUT2D eigenvalue weighted by molar-refractivity contribution is -0.142. The zero-order valence-electron chi connectivity index (χ0n) is 15.2. The number of ether oxygens (including phenoxy) is 2. The van der Waals surface area contributed by atoms with Gasteiger partial charge in [-0.25, -0.2) is 0 Å². The van der Waals surface area contributed by atoms with Crippen LogP contribution in [-0.2, 0) is 19.1 Å². The molecular formula is C17H31N3O4. The molecule has 7 heteroatoms. The van der Waals surface area contributed by atoms with Gasteiger partial charge in [-0.1, -0.05) is 0 Å². The van der Waals surface area contributed by atoms with E-state index in [1.54, 1.807) is 0 Å². The van der Waals surface area contributed by atoms with E-state index in [-0.39, 0.29) is 24.0 Å². The third-order valence-corrected chi connectivity index (χ3v) is 4.66. The zero-order valence-corrected chi connectivity index (χ0v) is 15.2. The monoisotopic (exact) mass is 341 g/mol. The molecule has 0 bridgehead atoms. The quantitative estimate of drug-likeness (QED) is 0.690. The molecule has 0 spiro atoms. The van der Waals surface area contributed by atoms with Gasteiger partial charge in [-0.3, -0.25) is 14.5 Å². The van der Waals surface area contributed by atoms with E-state index < -0.39 is 0 Å². The molecule has 2 saturated heterocycles. The fraction of sp³-hybridized carbons (Fsp3) is 0.882. The van der Waals surface area contributed by atoms with E-state index in [9.17, 15) is 9.59 Å². The maximum atomic E-state index is 12.5. The lowest BCUT2D eigenvalue weighted by Gasteiger charge is -2.39. The number of morpholine rings is 1. The SMILES string of the molecule is CC(C)OCCC(=O)N1CCN(C(C)C(=O)N2CCOCC2)CC1. The van der Waals surface area contributed by atoms with Gasteiger partial charge in [0.05, 0.1) is 38.4 Å². The first kappa shape index (κ1) is 19.1. The zero-order chi connectivity index (χ0) is 17.5. The Labute approximate surface area is 144 Å². The van der Waals surface area contributed by atoms with Gasteiger partial charge in [0.2, 0.25) is 11.8 Å². The molecule has 0 radical (unpaired) electrons. The van der Waals surface area contributed by atoms with Gasteiger partial charge in [0.1, 0.15) is 0 Å². The van der Waals surface area contributed by atoms with Crippen LogP contribution in [0.4, 0.5) is 0 Å². The van der Waals surface area contributed by atoms with E-state index in [2.05, 4.69) is 4.90 Å². The molecule has 7 nitrogen and oxygen atoms in total. The summed E-state index contributed by atoms with van der Waals surface area (Å²) in [6.07, 6.45) is 0.585. The van der Waals surface area contributed by atoms with Crippen LogP contribution in [0.3, 0.4) is 0 Å². The third kappa shape index (κ3) is 5.43. The van der Waals surface area contributed by atoms with E-state index in [4.69, 9.17) is 9.47 Å². The first-order chi connectivity index (χ1) is 11.5. The number of hydrogen-bond donors (Lipinski definition) is 0. The molecule has 0 N–H and O–H groups in total. The minimum atomic E-state index is -0.135. The second kappa shape index (κ2) is 9.34. The Morgan fingerprint density at radius 2 is 1.58 bits per heavy atom. The van der Waals surface area contributed by atoms with Gasteiger partial charge >= 0.3 is 0 Å². The van der Waals surface area contributed by atoms with Crippen molar-refractivity contribution in [3.63, 3.8) is 0 Å². The minimum absolute atomic E-state index is 0.135. The highest BCUT2D eigenvalue weighted by Gasteiger charge is 2.30. The molecule has 0 aromatic rings. The summed E-state index contributed by atoms with van der Waals surface area (Å²) in [5.41, 5.74) is 0. The van der Waals surface area contributed by atoms with E-state index in [0.717, 1.165) is 13.1 Å². The number of rotatable bonds is 6. The predicted octanol–water partition coefficient (Wildman–Crippen LogP) is 0.193. The standard InChI is InChI=1S/C17H31N3O4/c1-14(2)24-11-4-16(21)19-7-5-18(6-8-19)15(3)17(22)20-9-12-23-13-10-20/h14-15H,4-13H2,1-3H3. The van der Waals surface area contributed by atoms with Crippen LogP contribution in [-0.4, -0.2) is 97.7 Å². The van der Waals surface area contributed by atoms with Crippen molar-refractivity contribution in [2.75, 3.05) is 59.1 Å². The second-order valence-electron chi connectivity index (χ2n) is 6.70. The number of carbonyl (C=O) groups is 2. The van der Waals surface area contributed by atoms with E-state index >= 15 is 0 Å². The molecule has 2 heterocycles. The normalized spacial score (nSPS) is 21.2. The lowest BCUT2D eigenvalue weighted by Crippen LogP contribution is -2.56. The summed E-state index contributed by atoms with van der Waals surface area (Å²) in [6.45, 7) is 11.8. The van der Waals surface area contributed by atoms with Crippen molar-refractivity contribution >= 4 is 11.8 Å². The molecule has 2 fully saturated rings. The largest absolute Gasteiger partial charge is 0.378 e. The van der Waals surface area contributed by atoms with Crippen molar-refractivity contribution in [1.82, 2.24) is 14.7 Å². The maximum Gasteiger partial charge on any atom is 0.239 e. The Balaban J connectivity index is 1.73. The van der Waals surface area contributed by atoms with Crippen LogP contribution in [0.25, 0.3) is 0 Å². The molecule has 0 aliphatic carbocycles. The molecule has 2 amide bonds. The van der Waals surface area contributed by atoms with Gasteiger partial charge < -0.3 is 19.3 Å². The van der Waals surface area contributed by atoms with Crippen molar-refractivity contribution in [3.8, 4) is 0 Å². The minimum Gasteiger partial charge on any atom is -0.378 e. The number of carbonyl (C=O) groups excluding carboxylic acids is 2. The Kier molecular flexibility index (Phi) is 7.45. The molecule has 138 valence electrons. The Hall–Kier alpha value is -1.18. The highest BCUT2D eigenvalue weighted by atomic mass is 16.5.